The maximum atomic E-state index is 14.3. The third kappa shape index (κ3) is 4.35. The molecule has 1 aromatic carbocycles. The molecule has 2 amide bonds. The lowest BCUT2D eigenvalue weighted by atomic mass is 9.81. The monoisotopic (exact) mass is 459 g/mol. The molecular weight excluding hydrogens is 441 g/mol. The first kappa shape index (κ1) is 23.4. The third-order valence-corrected chi connectivity index (χ3v) is 5.17. The van der Waals surface area contributed by atoms with E-state index in [4.69, 9.17) is 15.2 Å². The Hall–Kier alpha value is -3.28. The molecule has 7 nitrogen and oxygen atoms in total. The van der Waals surface area contributed by atoms with Crippen molar-refractivity contribution in [3.8, 4) is 5.75 Å². The van der Waals surface area contributed by atoms with Crippen molar-refractivity contribution in [3.63, 3.8) is 0 Å². The van der Waals surface area contributed by atoms with Gasteiger partial charge in [0.25, 0.3) is 11.8 Å². The number of halogens is 5. The molecule has 3 N–H and O–H groups in total. The molecule has 172 valence electrons. The summed E-state index contributed by atoms with van der Waals surface area (Å²) >= 11 is 0. The average molecular weight is 459 g/mol. The Balaban J connectivity index is 2.02. The Bertz CT molecular complexity index is 1050. The Labute approximate surface area is 178 Å². The summed E-state index contributed by atoms with van der Waals surface area (Å²) in [6.45, 7) is 1.19. The number of anilines is 1. The number of primary amides is 1. The van der Waals surface area contributed by atoms with Crippen LogP contribution in [-0.2, 0) is 9.53 Å². The highest BCUT2D eigenvalue weighted by Gasteiger charge is 2.57. The van der Waals surface area contributed by atoms with Gasteiger partial charge in [0.05, 0.1) is 7.11 Å². The van der Waals surface area contributed by atoms with E-state index in [0.717, 1.165) is 25.3 Å². The van der Waals surface area contributed by atoms with E-state index >= 15 is 0 Å². The van der Waals surface area contributed by atoms with Crippen LogP contribution in [0.5, 0.6) is 5.75 Å². The molecular formula is C20H18F5N3O4. The lowest BCUT2D eigenvalue weighted by Gasteiger charge is -2.24. The van der Waals surface area contributed by atoms with Crippen LogP contribution in [0.3, 0.4) is 0 Å². The van der Waals surface area contributed by atoms with Gasteiger partial charge >= 0.3 is 6.18 Å². The predicted octanol–water partition coefficient (Wildman–Crippen LogP) is 3.16. The quantitative estimate of drug-likeness (QED) is 0.669. The van der Waals surface area contributed by atoms with Gasteiger partial charge in [-0.2, -0.15) is 17.6 Å². The minimum Gasteiger partial charge on any atom is -0.493 e. The highest BCUT2D eigenvalue weighted by Crippen LogP contribution is 2.49. The Morgan fingerprint density at radius 2 is 1.91 bits per heavy atom. The topological polar surface area (TPSA) is 104 Å². The van der Waals surface area contributed by atoms with Crippen LogP contribution in [0.25, 0.3) is 0 Å². The second kappa shape index (κ2) is 8.69. The summed E-state index contributed by atoms with van der Waals surface area (Å²) in [5.41, 5.74) is 4.82. The fourth-order valence-electron chi connectivity index (χ4n) is 3.75. The van der Waals surface area contributed by atoms with E-state index in [9.17, 15) is 31.5 Å². The molecule has 12 heteroatoms. The standard InChI is InChI=1S/C20H18F5N3O4/c1-8-13(10-3-4-11(21)14(22)15(10)31-2)16(32-17(8)20(23,24)25)19(30)28-9-5-6-27-12(7-9)18(26)29/h3-8,13,16-17H,1-2H3,(H2,26,29)(H,27,28,30)/t8-,13-,16+,17-/m1/s1. The first-order valence-corrected chi connectivity index (χ1v) is 9.26. The van der Waals surface area contributed by atoms with E-state index in [1.165, 1.54) is 19.2 Å². The van der Waals surface area contributed by atoms with Crippen LogP contribution in [0, 0.1) is 17.6 Å². The molecule has 4 atom stereocenters. The number of ether oxygens (including phenoxy) is 2. The van der Waals surface area contributed by atoms with Gasteiger partial charge < -0.3 is 20.5 Å². The predicted molar refractivity (Wildman–Crippen MR) is 101 cm³/mol. The minimum atomic E-state index is -4.83. The molecule has 1 saturated heterocycles. The zero-order valence-electron chi connectivity index (χ0n) is 16.7. The molecule has 0 spiro atoms. The molecule has 32 heavy (non-hydrogen) atoms. The number of alkyl halides is 3. The number of methoxy groups -OCH3 is 1. The lowest BCUT2D eigenvalue weighted by Crippen LogP contribution is -2.35. The van der Waals surface area contributed by atoms with E-state index in [-0.39, 0.29) is 16.9 Å². The van der Waals surface area contributed by atoms with Gasteiger partial charge in [-0.3, -0.25) is 14.6 Å². The molecule has 0 unspecified atom stereocenters. The summed E-state index contributed by atoms with van der Waals surface area (Å²) in [5.74, 6) is -7.83. The number of benzene rings is 1. The number of nitrogens with two attached hydrogens (primary N) is 1. The zero-order chi connectivity index (χ0) is 23.8. The van der Waals surface area contributed by atoms with Crippen molar-refractivity contribution in [2.45, 2.75) is 31.2 Å². The van der Waals surface area contributed by atoms with Gasteiger partial charge in [-0.05, 0) is 18.2 Å². The van der Waals surface area contributed by atoms with Crippen LogP contribution >= 0.6 is 0 Å². The number of nitrogens with zero attached hydrogens (tertiary/aromatic N) is 1. The molecule has 1 aromatic heterocycles. The molecule has 2 heterocycles. The summed E-state index contributed by atoms with van der Waals surface area (Å²) in [5, 5.41) is 2.35. The highest BCUT2D eigenvalue weighted by molar-refractivity contribution is 5.97. The maximum absolute atomic E-state index is 14.3. The molecule has 3 rings (SSSR count). The van der Waals surface area contributed by atoms with Crippen LogP contribution in [0.1, 0.15) is 28.9 Å². The Morgan fingerprint density at radius 3 is 2.50 bits per heavy atom. The van der Waals surface area contributed by atoms with Crippen molar-refractivity contribution in [1.29, 1.82) is 0 Å². The Morgan fingerprint density at radius 1 is 1.22 bits per heavy atom. The second-order valence-electron chi connectivity index (χ2n) is 7.17. The zero-order valence-corrected chi connectivity index (χ0v) is 16.7. The van der Waals surface area contributed by atoms with Crippen LogP contribution in [0.4, 0.5) is 27.6 Å². The Kier molecular flexibility index (Phi) is 6.35. The number of pyridine rings is 1. The van der Waals surface area contributed by atoms with Crippen molar-refractivity contribution < 1.29 is 41.0 Å². The molecule has 0 bridgehead atoms. The van der Waals surface area contributed by atoms with Crippen molar-refractivity contribution in [2.75, 3.05) is 12.4 Å². The van der Waals surface area contributed by atoms with Crippen LogP contribution in [0.2, 0.25) is 0 Å². The molecule has 2 aromatic rings. The molecule has 0 radical (unpaired) electrons. The van der Waals surface area contributed by atoms with Crippen LogP contribution in [-0.4, -0.2) is 42.3 Å². The summed E-state index contributed by atoms with van der Waals surface area (Å²) < 4.78 is 78.5. The normalized spacial score (nSPS) is 23.1. The van der Waals surface area contributed by atoms with E-state index in [1.54, 1.807) is 0 Å². The van der Waals surface area contributed by atoms with E-state index in [1.807, 2.05) is 0 Å². The van der Waals surface area contributed by atoms with Crippen molar-refractivity contribution >= 4 is 17.5 Å². The summed E-state index contributed by atoms with van der Waals surface area (Å²) in [7, 11) is 1.03. The fourth-order valence-corrected chi connectivity index (χ4v) is 3.75. The van der Waals surface area contributed by atoms with Gasteiger partial charge in [0.1, 0.15) is 11.8 Å². The lowest BCUT2D eigenvalue weighted by molar-refractivity contribution is -0.221. The smallest absolute Gasteiger partial charge is 0.414 e. The highest BCUT2D eigenvalue weighted by atomic mass is 19.4. The number of carbonyl (C=O) groups excluding carboxylic acids is 2. The minimum absolute atomic E-state index is 0.0292. The molecule has 1 aliphatic heterocycles. The summed E-state index contributed by atoms with van der Waals surface area (Å²) in [6.07, 6.45) is -7.74. The summed E-state index contributed by atoms with van der Waals surface area (Å²) in [6, 6.07) is 4.21. The largest absolute Gasteiger partial charge is 0.493 e. The van der Waals surface area contributed by atoms with Gasteiger partial charge in [0, 0.05) is 29.3 Å². The number of aromatic nitrogens is 1. The van der Waals surface area contributed by atoms with E-state index < -0.39 is 59.4 Å². The van der Waals surface area contributed by atoms with Crippen LogP contribution < -0.4 is 15.8 Å². The number of carbonyl (C=O) groups is 2. The first-order valence-electron chi connectivity index (χ1n) is 9.26. The molecule has 0 aliphatic carbocycles. The van der Waals surface area contributed by atoms with E-state index in [0.29, 0.717) is 0 Å². The SMILES string of the molecule is COc1c([C@H]2[C@@H](C)[C@H](C(F)(F)F)O[C@@H]2C(=O)Nc2ccnc(C(N)=O)c2)ccc(F)c1F. The number of nitrogens with one attached hydrogen (secondary N) is 1. The van der Waals surface area contributed by atoms with Gasteiger partial charge in [-0.25, -0.2) is 4.39 Å². The van der Waals surface area contributed by atoms with Crippen molar-refractivity contribution in [1.82, 2.24) is 4.98 Å². The molecule has 1 fully saturated rings. The van der Waals surface area contributed by atoms with Gasteiger partial charge in [0.15, 0.2) is 17.7 Å². The fraction of sp³-hybridized carbons (Fsp3) is 0.350. The maximum Gasteiger partial charge on any atom is 0.414 e. The van der Waals surface area contributed by atoms with Gasteiger partial charge in [-0.15, -0.1) is 0 Å². The number of hydrogen-bond acceptors (Lipinski definition) is 5. The van der Waals surface area contributed by atoms with Crippen molar-refractivity contribution in [3.05, 3.63) is 53.4 Å². The average Bonchev–Trinajstić information content (AvgIpc) is 3.07. The van der Waals surface area contributed by atoms with Gasteiger partial charge in [-0.1, -0.05) is 13.0 Å². The van der Waals surface area contributed by atoms with E-state index in [2.05, 4.69) is 10.3 Å². The molecule has 1 aliphatic rings. The van der Waals surface area contributed by atoms with Crippen LogP contribution in [0.15, 0.2) is 30.5 Å². The first-order chi connectivity index (χ1) is 15.0. The van der Waals surface area contributed by atoms with Crippen molar-refractivity contribution in [2.24, 2.45) is 11.7 Å². The summed E-state index contributed by atoms with van der Waals surface area (Å²) in [4.78, 5) is 27.9. The molecule has 0 saturated carbocycles. The third-order valence-electron chi connectivity index (χ3n) is 5.17. The number of rotatable bonds is 5. The number of amides is 2. The number of hydrogen-bond donors (Lipinski definition) is 2. The van der Waals surface area contributed by atoms with Gasteiger partial charge in [0.2, 0.25) is 5.82 Å². The second-order valence-corrected chi connectivity index (χ2v) is 7.17.